The molecular formula is C28H23FN2O4. The topological polar surface area (TPSA) is 79.6 Å². The molecule has 2 bridgehead atoms. The molecule has 3 saturated heterocycles. The van der Waals surface area contributed by atoms with Gasteiger partial charge in [-0.1, -0.05) is 24.3 Å². The molecule has 3 aromatic carbocycles. The Hall–Kier alpha value is -3.76. The van der Waals surface area contributed by atoms with E-state index in [9.17, 15) is 19.2 Å². The molecule has 0 aliphatic carbocycles. The second kappa shape index (κ2) is 7.62. The van der Waals surface area contributed by atoms with Crippen molar-refractivity contribution in [2.75, 3.05) is 11.5 Å². The molecule has 0 radical (unpaired) electrons. The number of amides is 2. The van der Waals surface area contributed by atoms with E-state index in [1.165, 1.54) is 17.0 Å². The molecule has 4 atom stereocenters. The lowest BCUT2D eigenvalue weighted by molar-refractivity contribution is -0.131. The van der Waals surface area contributed by atoms with Gasteiger partial charge in [0.2, 0.25) is 11.8 Å². The minimum atomic E-state index is -0.788. The van der Waals surface area contributed by atoms with Crippen molar-refractivity contribution in [1.29, 1.82) is 5.26 Å². The highest BCUT2D eigenvalue weighted by molar-refractivity contribution is 6.26. The summed E-state index contributed by atoms with van der Waals surface area (Å²) in [6.45, 7) is 2.21. The van der Waals surface area contributed by atoms with Crippen LogP contribution in [0.4, 0.5) is 10.1 Å². The average Bonchev–Trinajstić information content (AvgIpc) is 3.44. The molecule has 3 aliphatic rings. The van der Waals surface area contributed by atoms with Crippen molar-refractivity contribution in [2.24, 2.45) is 11.8 Å². The van der Waals surface area contributed by atoms with Gasteiger partial charge < -0.3 is 9.47 Å². The first-order valence-corrected chi connectivity index (χ1v) is 11.8. The maximum absolute atomic E-state index is 13.9. The molecule has 2 amide bonds. The summed E-state index contributed by atoms with van der Waals surface area (Å²) in [5.74, 6) is -1.48. The summed E-state index contributed by atoms with van der Waals surface area (Å²) in [4.78, 5) is 28.9. The van der Waals surface area contributed by atoms with Gasteiger partial charge in [0.05, 0.1) is 47.0 Å². The molecule has 35 heavy (non-hydrogen) atoms. The second-order valence-electron chi connectivity index (χ2n) is 9.79. The summed E-state index contributed by atoms with van der Waals surface area (Å²) in [5, 5.41) is 10.9. The molecule has 6 rings (SSSR count). The van der Waals surface area contributed by atoms with E-state index in [0.717, 1.165) is 0 Å². The summed E-state index contributed by atoms with van der Waals surface area (Å²) in [7, 11) is 0. The Bertz CT molecular complexity index is 1410. The van der Waals surface area contributed by atoms with Gasteiger partial charge in [0, 0.05) is 17.2 Å². The number of hydrogen-bond donors (Lipinski definition) is 0. The standard InChI is InChI=1S/C28H23FN2O4/c1-27-12-13-28(35-27,14-15-34-19-9-7-18(29)8-10-19)24-23(27)25(32)31(26(24)33)22-11-6-17(16-30)20-4-2-3-5-21(20)22/h2-11,23-24H,12-15H2,1H3. The number of carbonyl (C=O) groups is 2. The van der Waals surface area contributed by atoms with Gasteiger partial charge in [-0.25, -0.2) is 9.29 Å². The number of fused-ring (bicyclic) bond motifs is 6. The van der Waals surface area contributed by atoms with Gasteiger partial charge in [-0.2, -0.15) is 5.26 Å². The van der Waals surface area contributed by atoms with Crippen LogP contribution in [-0.4, -0.2) is 29.6 Å². The number of hydrogen-bond acceptors (Lipinski definition) is 5. The quantitative estimate of drug-likeness (QED) is 0.503. The lowest BCUT2D eigenvalue weighted by atomic mass is 9.67. The number of rotatable bonds is 5. The summed E-state index contributed by atoms with van der Waals surface area (Å²) in [5.41, 5.74) is -0.508. The third-order valence-electron chi connectivity index (χ3n) is 7.88. The highest BCUT2D eigenvalue weighted by atomic mass is 19.1. The predicted molar refractivity (Wildman–Crippen MR) is 126 cm³/mol. The third kappa shape index (κ3) is 3.10. The highest BCUT2D eigenvalue weighted by Crippen LogP contribution is 2.62. The fraction of sp³-hybridized carbons (Fsp3) is 0.321. The molecule has 7 heteroatoms. The Kier molecular flexibility index (Phi) is 4.74. The summed E-state index contributed by atoms with van der Waals surface area (Å²) >= 11 is 0. The lowest BCUT2D eigenvalue weighted by Crippen LogP contribution is -2.43. The molecular weight excluding hydrogens is 447 g/mol. The monoisotopic (exact) mass is 470 g/mol. The first kappa shape index (κ1) is 21.8. The number of nitriles is 1. The van der Waals surface area contributed by atoms with Crippen LogP contribution in [0.1, 0.15) is 31.7 Å². The Balaban J connectivity index is 1.33. The molecule has 3 aromatic rings. The van der Waals surface area contributed by atoms with Crippen LogP contribution in [0.3, 0.4) is 0 Å². The van der Waals surface area contributed by atoms with Crippen LogP contribution in [0.5, 0.6) is 5.75 Å². The van der Waals surface area contributed by atoms with Crippen LogP contribution in [0, 0.1) is 29.0 Å². The van der Waals surface area contributed by atoms with Gasteiger partial charge in [-0.15, -0.1) is 0 Å². The molecule has 4 unspecified atom stereocenters. The van der Waals surface area contributed by atoms with Crippen LogP contribution >= 0.6 is 0 Å². The van der Waals surface area contributed by atoms with Crippen molar-refractivity contribution in [2.45, 2.75) is 37.4 Å². The van der Waals surface area contributed by atoms with Crippen molar-refractivity contribution < 1.29 is 23.5 Å². The zero-order chi connectivity index (χ0) is 24.4. The Morgan fingerprint density at radius 2 is 1.74 bits per heavy atom. The van der Waals surface area contributed by atoms with Crippen molar-refractivity contribution in [1.82, 2.24) is 0 Å². The first-order valence-electron chi connectivity index (χ1n) is 11.8. The van der Waals surface area contributed by atoms with Gasteiger partial charge in [0.15, 0.2) is 0 Å². The van der Waals surface area contributed by atoms with Crippen molar-refractivity contribution >= 4 is 28.3 Å². The van der Waals surface area contributed by atoms with Crippen LogP contribution < -0.4 is 9.64 Å². The van der Waals surface area contributed by atoms with Crippen LogP contribution in [0.25, 0.3) is 10.8 Å². The van der Waals surface area contributed by atoms with E-state index >= 15 is 0 Å². The number of halogens is 1. The normalized spacial score (nSPS) is 29.0. The molecule has 0 aromatic heterocycles. The Labute approximate surface area is 201 Å². The largest absolute Gasteiger partial charge is 0.493 e. The van der Waals surface area contributed by atoms with Crippen LogP contribution in [0.2, 0.25) is 0 Å². The molecule has 0 saturated carbocycles. The number of benzene rings is 3. The predicted octanol–water partition coefficient (Wildman–Crippen LogP) is 4.75. The molecule has 0 N–H and O–H groups in total. The van der Waals surface area contributed by atoms with Crippen molar-refractivity contribution in [3.05, 3.63) is 72.0 Å². The Morgan fingerprint density at radius 3 is 2.49 bits per heavy atom. The van der Waals surface area contributed by atoms with Crippen molar-refractivity contribution in [3.63, 3.8) is 0 Å². The molecule has 3 aliphatic heterocycles. The molecule has 176 valence electrons. The first-order chi connectivity index (χ1) is 16.9. The van der Waals surface area contributed by atoms with E-state index < -0.39 is 23.0 Å². The second-order valence-corrected chi connectivity index (χ2v) is 9.79. The van der Waals surface area contributed by atoms with E-state index in [2.05, 4.69) is 6.07 Å². The number of ether oxygens (including phenoxy) is 2. The summed E-state index contributed by atoms with van der Waals surface area (Å²) in [6.07, 6.45) is 1.80. The lowest BCUT2D eigenvalue weighted by Gasteiger charge is -2.31. The minimum Gasteiger partial charge on any atom is -0.493 e. The molecule has 3 heterocycles. The molecule has 0 spiro atoms. The summed E-state index contributed by atoms with van der Waals surface area (Å²) in [6, 6.07) is 18.6. The highest BCUT2D eigenvalue weighted by Gasteiger charge is 2.73. The fourth-order valence-electron chi connectivity index (χ4n) is 6.30. The fourth-order valence-corrected chi connectivity index (χ4v) is 6.30. The summed E-state index contributed by atoms with van der Waals surface area (Å²) < 4.78 is 25.5. The number of carbonyl (C=O) groups excluding carboxylic acids is 2. The van der Waals surface area contributed by atoms with Crippen molar-refractivity contribution in [3.8, 4) is 11.8 Å². The van der Waals surface area contributed by atoms with Gasteiger partial charge >= 0.3 is 0 Å². The molecule has 6 nitrogen and oxygen atoms in total. The average molecular weight is 471 g/mol. The third-order valence-corrected chi connectivity index (χ3v) is 7.88. The van der Waals surface area contributed by atoms with E-state index in [1.54, 1.807) is 24.3 Å². The maximum atomic E-state index is 13.9. The number of imide groups is 1. The minimum absolute atomic E-state index is 0.251. The maximum Gasteiger partial charge on any atom is 0.240 e. The van der Waals surface area contributed by atoms with Crippen LogP contribution in [0.15, 0.2) is 60.7 Å². The number of nitrogens with zero attached hydrogens (tertiary/aromatic N) is 2. The van der Waals surface area contributed by atoms with Gasteiger partial charge in [0.25, 0.3) is 0 Å². The molecule has 3 fully saturated rings. The van der Waals surface area contributed by atoms with E-state index in [1.807, 2.05) is 31.2 Å². The van der Waals surface area contributed by atoms with E-state index in [-0.39, 0.29) is 24.2 Å². The smallest absolute Gasteiger partial charge is 0.240 e. The zero-order valence-electron chi connectivity index (χ0n) is 19.2. The van der Waals surface area contributed by atoms with Crippen LogP contribution in [-0.2, 0) is 14.3 Å². The SMILES string of the molecule is CC12CCC(CCOc3ccc(F)cc3)(O1)C1C(=O)N(c3ccc(C#N)c4ccccc34)C(=O)C12. The van der Waals surface area contributed by atoms with E-state index in [0.29, 0.717) is 47.0 Å². The zero-order valence-corrected chi connectivity index (χ0v) is 19.2. The Morgan fingerprint density at radius 1 is 1.03 bits per heavy atom. The van der Waals surface area contributed by atoms with E-state index in [4.69, 9.17) is 9.47 Å². The van der Waals surface area contributed by atoms with Gasteiger partial charge in [-0.05, 0) is 56.2 Å². The van der Waals surface area contributed by atoms with Gasteiger partial charge in [0.1, 0.15) is 11.6 Å². The number of anilines is 1. The van der Waals surface area contributed by atoms with Gasteiger partial charge in [-0.3, -0.25) is 9.59 Å².